The number of non-ortho nitro benzene ring substituents is 1. The van der Waals surface area contributed by atoms with Crippen LogP contribution in [-0.4, -0.2) is 29.9 Å². The van der Waals surface area contributed by atoms with E-state index in [1.54, 1.807) is 30.4 Å². The van der Waals surface area contributed by atoms with E-state index in [9.17, 15) is 23.3 Å². The maximum absolute atomic E-state index is 13.4. The summed E-state index contributed by atoms with van der Waals surface area (Å²) in [5, 5.41) is 19.0. The highest BCUT2D eigenvalue weighted by molar-refractivity contribution is 8.07. The summed E-state index contributed by atoms with van der Waals surface area (Å²) in [4.78, 5) is 23.2. The van der Waals surface area contributed by atoms with Gasteiger partial charge in [-0.25, -0.2) is 8.42 Å². The zero-order valence-electron chi connectivity index (χ0n) is 19.3. The minimum atomic E-state index is -4.09. The predicted octanol–water partition coefficient (Wildman–Crippen LogP) is 4.92. The zero-order chi connectivity index (χ0) is 25.0. The van der Waals surface area contributed by atoms with Gasteiger partial charge in [0.2, 0.25) is 9.84 Å². The lowest BCUT2D eigenvalue weighted by atomic mass is 9.84. The molecule has 0 heterocycles. The van der Waals surface area contributed by atoms with Gasteiger partial charge >= 0.3 is 0 Å². The van der Waals surface area contributed by atoms with Crippen molar-refractivity contribution in [3.63, 3.8) is 0 Å². The van der Waals surface area contributed by atoms with Crippen LogP contribution in [0.2, 0.25) is 0 Å². The molecule has 3 rings (SSSR count). The number of Topliss-reactive ketones (excluding diaryl/α,β-unsaturated/α-hetero) is 1. The number of carbonyl (C=O) groups excluding carboxylic acids is 1. The third-order valence-electron chi connectivity index (χ3n) is 5.26. The number of benzene rings is 2. The fraction of sp³-hybridized carbons (Fsp3) is 0.240. The summed E-state index contributed by atoms with van der Waals surface area (Å²) < 4.78 is 26.8. The fourth-order valence-electron chi connectivity index (χ4n) is 3.38. The monoisotopic (exact) mass is 479 g/mol. The van der Waals surface area contributed by atoms with Gasteiger partial charge in [-0.1, -0.05) is 45.9 Å². The molecular formula is C25H25N3O5S. The summed E-state index contributed by atoms with van der Waals surface area (Å²) in [6.45, 7) is 7.60. The van der Waals surface area contributed by atoms with Crippen LogP contribution in [0, 0.1) is 22.0 Å². The normalized spacial score (nSPS) is 14.8. The third-order valence-corrected chi connectivity index (χ3v) is 6.98. The number of sulfone groups is 1. The lowest BCUT2D eigenvalue weighted by Gasteiger charge is -2.19. The van der Waals surface area contributed by atoms with Crippen LogP contribution in [0.1, 0.15) is 33.3 Å². The summed E-state index contributed by atoms with van der Waals surface area (Å²) >= 11 is 0. The second-order valence-electron chi connectivity index (χ2n) is 8.39. The number of rotatable bonds is 6. The average Bonchev–Trinajstić information content (AvgIpc) is 2.80. The van der Waals surface area contributed by atoms with Crippen LogP contribution >= 0.6 is 0 Å². The molecule has 1 aliphatic carbocycles. The van der Waals surface area contributed by atoms with Gasteiger partial charge in [0.1, 0.15) is 0 Å². The van der Waals surface area contributed by atoms with Gasteiger partial charge in [0.25, 0.3) is 5.69 Å². The number of hydrogen-bond donors (Lipinski definition) is 0. The molecule has 0 amide bonds. The Labute approximate surface area is 198 Å². The van der Waals surface area contributed by atoms with Gasteiger partial charge in [0, 0.05) is 28.8 Å². The molecule has 0 fully saturated rings. The summed E-state index contributed by atoms with van der Waals surface area (Å²) in [5.41, 5.74) is 1.48. The number of nitrogens with zero attached hydrogens (tertiary/aromatic N) is 3. The van der Waals surface area contributed by atoms with E-state index in [0.717, 1.165) is 0 Å². The molecule has 1 aliphatic rings. The van der Waals surface area contributed by atoms with Crippen molar-refractivity contribution in [2.24, 2.45) is 22.0 Å². The van der Waals surface area contributed by atoms with Gasteiger partial charge in [0.15, 0.2) is 10.8 Å². The third kappa shape index (κ3) is 5.26. The highest BCUT2D eigenvalue weighted by Gasteiger charge is 2.27. The van der Waals surface area contributed by atoms with Crippen LogP contribution in [0.15, 0.2) is 93.0 Å². The average molecular weight is 480 g/mol. The zero-order valence-corrected chi connectivity index (χ0v) is 20.1. The second-order valence-corrected chi connectivity index (χ2v) is 10.3. The van der Waals surface area contributed by atoms with Crippen LogP contribution in [0.25, 0.3) is 0 Å². The molecule has 0 radical (unpaired) electrons. The van der Waals surface area contributed by atoms with Crippen molar-refractivity contribution >= 4 is 32.1 Å². The van der Waals surface area contributed by atoms with Gasteiger partial charge in [-0.05, 0) is 48.3 Å². The molecule has 9 heteroatoms. The van der Waals surface area contributed by atoms with E-state index >= 15 is 0 Å². The first-order chi connectivity index (χ1) is 16.0. The summed E-state index contributed by atoms with van der Waals surface area (Å²) in [7, 11) is -4.09. The molecule has 0 unspecified atom stereocenters. The Bertz CT molecular complexity index is 1300. The van der Waals surface area contributed by atoms with Crippen LogP contribution in [-0.2, 0) is 14.6 Å². The number of hydrogen-bond acceptors (Lipinski definition) is 7. The van der Waals surface area contributed by atoms with Crippen molar-refractivity contribution in [2.75, 3.05) is 0 Å². The first-order valence-corrected chi connectivity index (χ1v) is 12.2. The van der Waals surface area contributed by atoms with E-state index in [1.807, 2.05) is 27.7 Å². The Balaban J connectivity index is 2.20. The molecule has 0 bridgehead atoms. The molecule has 8 nitrogen and oxygen atoms in total. The molecule has 0 spiro atoms. The molecule has 0 N–H and O–H groups in total. The Kier molecular flexibility index (Phi) is 7.36. The number of nitro groups is 1. The van der Waals surface area contributed by atoms with Crippen LogP contribution in [0.3, 0.4) is 0 Å². The summed E-state index contributed by atoms with van der Waals surface area (Å²) in [5.74, 6) is -0.155. The molecule has 34 heavy (non-hydrogen) atoms. The summed E-state index contributed by atoms with van der Waals surface area (Å²) in [6, 6.07) is 12.8. The molecule has 2 aromatic carbocycles. The van der Waals surface area contributed by atoms with Crippen molar-refractivity contribution in [3.8, 4) is 0 Å². The largest absolute Gasteiger partial charge is 0.289 e. The van der Waals surface area contributed by atoms with E-state index in [0.29, 0.717) is 16.9 Å². The Morgan fingerprint density at radius 1 is 0.882 bits per heavy atom. The van der Waals surface area contributed by atoms with Crippen LogP contribution < -0.4 is 0 Å². The topological polar surface area (TPSA) is 119 Å². The smallest absolute Gasteiger partial charge is 0.269 e. The summed E-state index contributed by atoms with van der Waals surface area (Å²) in [6.07, 6.45) is 3.23. The predicted molar refractivity (Wildman–Crippen MR) is 132 cm³/mol. The lowest BCUT2D eigenvalue weighted by molar-refractivity contribution is -0.384. The number of ketones is 1. The van der Waals surface area contributed by atoms with Gasteiger partial charge in [-0.2, -0.15) is 0 Å². The maximum Gasteiger partial charge on any atom is 0.269 e. The molecule has 0 atom stereocenters. The van der Waals surface area contributed by atoms with Gasteiger partial charge in [-0.15, -0.1) is 10.2 Å². The van der Waals surface area contributed by atoms with E-state index in [4.69, 9.17) is 0 Å². The number of carbonyl (C=O) groups is 1. The maximum atomic E-state index is 13.4. The molecule has 0 aromatic heterocycles. The minimum absolute atomic E-state index is 0.0166. The van der Waals surface area contributed by atoms with Gasteiger partial charge in [0.05, 0.1) is 15.5 Å². The van der Waals surface area contributed by atoms with Gasteiger partial charge < -0.3 is 0 Å². The van der Waals surface area contributed by atoms with Crippen molar-refractivity contribution in [1.29, 1.82) is 0 Å². The molecule has 0 aliphatic heterocycles. The molecule has 0 saturated heterocycles. The van der Waals surface area contributed by atoms with Crippen molar-refractivity contribution in [2.45, 2.75) is 32.6 Å². The Hall–Kier alpha value is -3.72. The van der Waals surface area contributed by atoms with Crippen molar-refractivity contribution in [3.05, 3.63) is 93.6 Å². The van der Waals surface area contributed by atoms with E-state index in [1.165, 1.54) is 36.4 Å². The molecular weight excluding hydrogens is 454 g/mol. The van der Waals surface area contributed by atoms with E-state index in [2.05, 4.69) is 10.2 Å². The van der Waals surface area contributed by atoms with Crippen molar-refractivity contribution in [1.82, 2.24) is 0 Å². The fourth-order valence-corrected chi connectivity index (χ4v) is 4.71. The molecule has 2 aromatic rings. The highest BCUT2D eigenvalue weighted by Crippen LogP contribution is 2.26. The first-order valence-electron chi connectivity index (χ1n) is 10.7. The highest BCUT2D eigenvalue weighted by atomic mass is 32.2. The molecule has 176 valence electrons. The van der Waals surface area contributed by atoms with E-state index in [-0.39, 0.29) is 38.8 Å². The quantitative estimate of drug-likeness (QED) is 0.192. The van der Waals surface area contributed by atoms with Crippen LogP contribution in [0.4, 0.5) is 5.69 Å². The minimum Gasteiger partial charge on any atom is -0.289 e. The van der Waals surface area contributed by atoms with Crippen molar-refractivity contribution < 1.29 is 18.1 Å². The Morgan fingerprint density at radius 3 is 1.88 bits per heavy atom. The SMILES string of the molecule is CC(C)C1=CC(=NN=C(c2ccc([N+](=O)[O-])cc2)S(=O)(=O)c2ccccc2)C=C(C(C)C)C1=O. The first kappa shape index (κ1) is 24.9. The second kappa shape index (κ2) is 10.0. The Morgan fingerprint density at radius 2 is 1.41 bits per heavy atom. The molecule has 0 saturated carbocycles. The number of nitro benzene ring substituents is 1. The lowest BCUT2D eigenvalue weighted by Crippen LogP contribution is -2.21. The number of allylic oxidation sites excluding steroid dienone is 4. The van der Waals surface area contributed by atoms with Gasteiger partial charge in [-0.3, -0.25) is 14.9 Å². The van der Waals surface area contributed by atoms with Crippen LogP contribution in [0.5, 0.6) is 0 Å². The standard InChI is InChI=1S/C25H25N3O5S/c1-16(2)22-14-19(15-23(17(3)4)24(22)29)26-27-25(18-10-12-20(13-11-18)28(30)31)34(32,33)21-8-6-5-7-9-21/h5-17H,1-4H3. The van der Waals surface area contributed by atoms with E-state index < -0.39 is 14.8 Å².